The molecule has 0 saturated heterocycles. The highest BCUT2D eigenvalue weighted by Crippen LogP contribution is 2.30. The van der Waals surface area contributed by atoms with E-state index in [1.807, 2.05) is 11.3 Å². The molecule has 1 N–H and O–H groups in total. The maximum atomic E-state index is 5.61. The number of rotatable bonds is 7. The molecule has 0 amide bonds. The van der Waals surface area contributed by atoms with Gasteiger partial charge in [0, 0.05) is 17.3 Å². The molecule has 3 heteroatoms. The van der Waals surface area contributed by atoms with E-state index < -0.39 is 0 Å². The summed E-state index contributed by atoms with van der Waals surface area (Å²) in [5.74, 6) is 1.08. The van der Waals surface area contributed by atoms with Gasteiger partial charge in [-0.25, -0.2) is 0 Å². The fraction of sp³-hybridized carbons (Fsp3) is 0.444. The average molecular weight is 301 g/mol. The molecule has 1 aliphatic heterocycles. The molecule has 0 bridgehead atoms. The first-order valence-electron chi connectivity index (χ1n) is 7.88. The van der Waals surface area contributed by atoms with Crippen LogP contribution in [0.5, 0.6) is 5.75 Å². The summed E-state index contributed by atoms with van der Waals surface area (Å²) < 4.78 is 5.61. The van der Waals surface area contributed by atoms with Gasteiger partial charge in [-0.15, -0.1) is 11.3 Å². The lowest BCUT2D eigenvalue weighted by Crippen LogP contribution is -2.22. The van der Waals surface area contributed by atoms with Gasteiger partial charge in [0.15, 0.2) is 0 Å². The van der Waals surface area contributed by atoms with Crippen LogP contribution in [0, 0.1) is 0 Å². The van der Waals surface area contributed by atoms with E-state index in [9.17, 15) is 0 Å². The number of ether oxygens (including phenoxy) is 1. The molecular formula is C18H23NOS. The third-order valence-electron chi connectivity index (χ3n) is 4.02. The molecule has 1 aliphatic rings. The SMILES string of the molecule is CCCNC(CCc1cccs1)c1ccc2c(c1)CCO2. The third kappa shape index (κ3) is 3.66. The Morgan fingerprint density at radius 3 is 3.10 bits per heavy atom. The van der Waals surface area contributed by atoms with Crippen LogP contribution in [0.15, 0.2) is 35.7 Å². The molecule has 0 fully saturated rings. The van der Waals surface area contributed by atoms with Crippen LogP contribution in [-0.2, 0) is 12.8 Å². The van der Waals surface area contributed by atoms with Crippen LogP contribution in [0.1, 0.15) is 41.8 Å². The minimum atomic E-state index is 0.443. The van der Waals surface area contributed by atoms with Crippen molar-refractivity contribution in [1.29, 1.82) is 0 Å². The van der Waals surface area contributed by atoms with Gasteiger partial charge in [0.2, 0.25) is 0 Å². The monoisotopic (exact) mass is 301 g/mol. The second-order valence-corrected chi connectivity index (χ2v) is 6.62. The molecule has 2 heterocycles. The van der Waals surface area contributed by atoms with Gasteiger partial charge in [-0.05, 0) is 54.4 Å². The lowest BCUT2D eigenvalue weighted by molar-refractivity contribution is 0.356. The Labute approximate surface area is 131 Å². The molecule has 2 nitrogen and oxygen atoms in total. The van der Waals surface area contributed by atoms with Crippen molar-refractivity contribution in [2.45, 2.75) is 38.6 Å². The van der Waals surface area contributed by atoms with Crippen molar-refractivity contribution in [2.24, 2.45) is 0 Å². The lowest BCUT2D eigenvalue weighted by atomic mass is 9.98. The summed E-state index contributed by atoms with van der Waals surface area (Å²) in [7, 11) is 0. The summed E-state index contributed by atoms with van der Waals surface area (Å²) in [6.45, 7) is 4.13. The van der Waals surface area contributed by atoms with Crippen molar-refractivity contribution < 1.29 is 4.74 Å². The van der Waals surface area contributed by atoms with Gasteiger partial charge in [0.1, 0.15) is 5.75 Å². The van der Waals surface area contributed by atoms with Crippen molar-refractivity contribution in [3.63, 3.8) is 0 Å². The first-order chi connectivity index (χ1) is 10.4. The highest BCUT2D eigenvalue weighted by atomic mass is 32.1. The van der Waals surface area contributed by atoms with Crippen LogP contribution >= 0.6 is 11.3 Å². The fourth-order valence-corrected chi connectivity index (χ4v) is 3.59. The van der Waals surface area contributed by atoms with Crippen LogP contribution in [0.25, 0.3) is 0 Å². The molecule has 0 radical (unpaired) electrons. The zero-order valence-electron chi connectivity index (χ0n) is 12.6. The van der Waals surface area contributed by atoms with E-state index in [-0.39, 0.29) is 0 Å². The van der Waals surface area contributed by atoms with Crippen molar-refractivity contribution in [3.8, 4) is 5.75 Å². The predicted molar refractivity (Wildman–Crippen MR) is 89.3 cm³/mol. The van der Waals surface area contributed by atoms with E-state index in [0.29, 0.717) is 6.04 Å². The summed E-state index contributed by atoms with van der Waals surface area (Å²) in [5.41, 5.74) is 2.77. The number of hydrogen-bond acceptors (Lipinski definition) is 3. The van der Waals surface area contributed by atoms with Crippen LogP contribution in [0.4, 0.5) is 0 Å². The van der Waals surface area contributed by atoms with E-state index >= 15 is 0 Å². The highest BCUT2D eigenvalue weighted by Gasteiger charge is 2.16. The molecule has 1 aromatic heterocycles. The molecule has 1 aromatic carbocycles. The molecule has 3 rings (SSSR count). The van der Waals surface area contributed by atoms with Gasteiger partial charge in [-0.2, -0.15) is 0 Å². The summed E-state index contributed by atoms with van der Waals surface area (Å²) in [6, 6.07) is 11.5. The number of aryl methyl sites for hydroxylation is 1. The Kier molecular flexibility index (Phi) is 4.94. The lowest BCUT2D eigenvalue weighted by Gasteiger charge is -2.19. The van der Waals surface area contributed by atoms with Gasteiger partial charge >= 0.3 is 0 Å². The largest absolute Gasteiger partial charge is 0.493 e. The maximum Gasteiger partial charge on any atom is 0.122 e. The van der Waals surface area contributed by atoms with Crippen molar-refractivity contribution in [1.82, 2.24) is 5.32 Å². The molecule has 2 aromatic rings. The summed E-state index contributed by atoms with van der Waals surface area (Å²) in [6.07, 6.45) is 4.52. The smallest absolute Gasteiger partial charge is 0.122 e. The Bertz CT molecular complexity index is 565. The molecular weight excluding hydrogens is 278 g/mol. The third-order valence-corrected chi connectivity index (χ3v) is 4.95. The summed E-state index contributed by atoms with van der Waals surface area (Å²) >= 11 is 1.86. The standard InChI is InChI=1S/C18H23NOS/c1-2-10-19-17(7-6-16-4-3-12-21-16)14-5-8-18-15(13-14)9-11-20-18/h3-5,8,12-13,17,19H,2,6-7,9-11H2,1H3. The van der Waals surface area contributed by atoms with Crippen LogP contribution in [-0.4, -0.2) is 13.2 Å². The van der Waals surface area contributed by atoms with E-state index in [4.69, 9.17) is 4.74 Å². The molecule has 112 valence electrons. The Balaban J connectivity index is 1.71. The van der Waals surface area contributed by atoms with E-state index in [1.54, 1.807) is 0 Å². The normalized spacial score (nSPS) is 14.7. The molecule has 0 aliphatic carbocycles. The summed E-state index contributed by atoms with van der Waals surface area (Å²) in [4.78, 5) is 1.47. The quantitative estimate of drug-likeness (QED) is 0.820. The molecule has 1 atom stereocenters. The summed E-state index contributed by atoms with van der Waals surface area (Å²) in [5, 5.41) is 5.87. The van der Waals surface area contributed by atoms with Crippen molar-refractivity contribution in [3.05, 3.63) is 51.7 Å². The Morgan fingerprint density at radius 2 is 2.29 bits per heavy atom. The van der Waals surface area contributed by atoms with Crippen LogP contribution < -0.4 is 10.1 Å². The highest BCUT2D eigenvalue weighted by molar-refractivity contribution is 7.09. The maximum absolute atomic E-state index is 5.61. The van der Waals surface area contributed by atoms with E-state index in [2.05, 4.69) is 48.0 Å². The molecule has 0 saturated carbocycles. The Hall–Kier alpha value is -1.32. The topological polar surface area (TPSA) is 21.3 Å². The van der Waals surface area contributed by atoms with Gasteiger partial charge in [-0.1, -0.05) is 25.1 Å². The minimum Gasteiger partial charge on any atom is -0.493 e. The van der Waals surface area contributed by atoms with E-state index in [0.717, 1.165) is 38.2 Å². The Morgan fingerprint density at radius 1 is 1.33 bits per heavy atom. The van der Waals surface area contributed by atoms with E-state index in [1.165, 1.54) is 22.4 Å². The number of benzene rings is 1. The number of nitrogens with one attached hydrogen (secondary N) is 1. The molecule has 1 unspecified atom stereocenters. The van der Waals surface area contributed by atoms with Gasteiger partial charge in [0.05, 0.1) is 6.61 Å². The second-order valence-electron chi connectivity index (χ2n) is 5.59. The zero-order chi connectivity index (χ0) is 14.5. The number of thiophene rings is 1. The average Bonchev–Trinajstić information content (AvgIpc) is 3.17. The fourth-order valence-electron chi connectivity index (χ4n) is 2.87. The number of fused-ring (bicyclic) bond motifs is 1. The minimum absolute atomic E-state index is 0.443. The van der Waals surface area contributed by atoms with Crippen LogP contribution in [0.3, 0.4) is 0 Å². The van der Waals surface area contributed by atoms with Gasteiger partial charge < -0.3 is 10.1 Å². The zero-order valence-corrected chi connectivity index (χ0v) is 13.4. The van der Waals surface area contributed by atoms with Crippen molar-refractivity contribution in [2.75, 3.05) is 13.2 Å². The first-order valence-corrected chi connectivity index (χ1v) is 8.76. The predicted octanol–water partition coefficient (Wildman–Crippen LogP) is 4.36. The first kappa shape index (κ1) is 14.6. The van der Waals surface area contributed by atoms with Crippen LogP contribution in [0.2, 0.25) is 0 Å². The van der Waals surface area contributed by atoms with Gasteiger partial charge in [-0.3, -0.25) is 0 Å². The molecule has 21 heavy (non-hydrogen) atoms. The molecule has 0 spiro atoms. The second kappa shape index (κ2) is 7.10. The van der Waals surface area contributed by atoms with Gasteiger partial charge in [0.25, 0.3) is 0 Å². The van der Waals surface area contributed by atoms with Crippen molar-refractivity contribution >= 4 is 11.3 Å². The number of hydrogen-bond donors (Lipinski definition) is 1.